The Labute approximate surface area is 222 Å². The van der Waals surface area contributed by atoms with Crippen molar-refractivity contribution < 1.29 is 22.8 Å². The number of aromatic nitrogens is 5. The number of aromatic amines is 1. The zero-order valence-electron chi connectivity index (χ0n) is 21.7. The molecule has 0 radical (unpaired) electrons. The Morgan fingerprint density at radius 2 is 1.90 bits per heavy atom. The number of carbonyl (C=O) groups excluding carboxylic acids is 2. The smallest absolute Gasteiger partial charge is 0.282 e. The van der Waals surface area contributed by atoms with Gasteiger partial charge in [0.25, 0.3) is 17.7 Å². The predicted molar refractivity (Wildman–Crippen MR) is 137 cm³/mol. The first-order valence-electron chi connectivity index (χ1n) is 13.0. The van der Waals surface area contributed by atoms with Gasteiger partial charge >= 0.3 is 0 Å². The van der Waals surface area contributed by atoms with Crippen molar-refractivity contribution in [3.8, 4) is 11.3 Å². The number of H-pyrrole nitrogens is 1. The van der Waals surface area contributed by atoms with E-state index in [-0.39, 0.29) is 17.4 Å². The molecule has 5 heterocycles. The standard InChI is InChI=1S/C27H29F2N7O3/c1-14-3-5-15(6-4-14)21(16-9-31-35(2)22(16)23(30)37)25-33-20-8-7-19(32-24(20)34-25)17-10-39-11-18(17)26(38)36-12-27(28,29)13-36/h7-11,14-15,21H,3-6,12-13H2,1-2H3,(H2,30,37)(H,32,33,34)/t14?,15?,21-/m0/s1. The fraction of sp³-hybridized carbons (Fsp3) is 0.444. The molecule has 1 aliphatic heterocycles. The quantitative estimate of drug-likeness (QED) is 0.380. The summed E-state index contributed by atoms with van der Waals surface area (Å²) in [6.45, 7) is 1.02. The second kappa shape index (κ2) is 9.28. The number of fused-ring (bicyclic) bond motifs is 1. The number of furan rings is 1. The van der Waals surface area contributed by atoms with Crippen LogP contribution in [0.15, 0.2) is 35.3 Å². The molecule has 2 amide bonds. The third-order valence-corrected chi connectivity index (χ3v) is 8.03. The summed E-state index contributed by atoms with van der Waals surface area (Å²) in [5.41, 5.74) is 8.95. The molecule has 12 heteroatoms. The number of aryl methyl sites for hydroxylation is 1. The van der Waals surface area contributed by atoms with Crippen LogP contribution in [0.5, 0.6) is 0 Å². The number of halogens is 2. The SMILES string of the molecule is CC1CCC([C@H](c2nc3nc(-c4cocc4C(=O)N4CC(F)(F)C4)ccc3[nH]2)c2cnn(C)c2C(N)=O)CC1. The van der Waals surface area contributed by atoms with Gasteiger partial charge in [0, 0.05) is 18.5 Å². The lowest BCUT2D eigenvalue weighted by atomic mass is 9.73. The molecular formula is C27H29F2N7O3. The number of nitrogens with one attached hydrogen (secondary N) is 1. The van der Waals surface area contributed by atoms with Gasteiger partial charge in [-0.05, 0) is 36.8 Å². The molecule has 0 unspecified atom stereocenters. The summed E-state index contributed by atoms with van der Waals surface area (Å²) in [6.07, 6.45) is 8.44. The van der Waals surface area contributed by atoms with Gasteiger partial charge in [0.05, 0.1) is 41.6 Å². The Kier molecular flexibility index (Phi) is 6.00. The third kappa shape index (κ3) is 4.47. The molecule has 2 fully saturated rings. The lowest BCUT2D eigenvalue weighted by Crippen LogP contribution is -2.58. The summed E-state index contributed by atoms with van der Waals surface area (Å²) in [4.78, 5) is 39.2. The van der Waals surface area contributed by atoms with E-state index < -0.39 is 30.8 Å². The van der Waals surface area contributed by atoms with Crippen LogP contribution in [0.25, 0.3) is 22.4 Å². The number of imidazole rings is 1. The molecule has 2 aliphatic rings. The van der Waals surface area contributed by atoms with Crippen LogP contribution in [0.1, 0.15) is 70.8 Å². The van der Waals surface area contributed by atoms with Crippen molar-refractivity contribution in [1.82, 2.24) is 29.6 Å². The van der Waals surface area contributed by atoms with Crippen LogP contribution in [0, 0.1) is 11.8 Å². The fourth-order valence-corrected chi connectivity index (χ4v) is 5.92. The molecule has 204 valence electrons. The Morgan fingerprint density at radius 1 is 1.15 bits per heavy atom. The van der Waals surface area contributed by atoms with Crippen LogP contribution in [0.2, 0.25) is 0 Å². The summed E-state index contributed by atoms with van der Waals surface area (Å²) in [5, 5.41) is 4.32. The lowest BCUT2D eigenvalue weighted by molar-refractivity contribution is -0.113. The van der Waals surface area contributed by atoms with E-state index >= 15 is 0 Å². The highest BCUT2D eigenvalue weighted by Crippen LogP contribution is 2.42. The minimum Gasteiger partial charge on any atom is -0.471 e. The minimum absolute atomic E-state index is 0.170. The summed E-state index contributed by atoms with van der Waals surface area (Å²) in [7, 11) is 1.70. The van der Waals surface area contributed by atoms with E-state index in [0.717, 1.165) is 36.1 Å². The molecule has 4 aromatic rings. The zero-order valence-corrected chi connectivity index (χ0v) is 21.7. The maximum Gasteiger partial charge on any atom is 0.282 e. The average molecular weight is 538 g/mol. The van der Waals surface area contributed by atoms with Crippen LogP contribution in [0.4, 0.5) is 8.78 Å². The molecule has 4 aromatic heterocycles. The van der Waals surface area contributed by atoms with Gasteiger partial charge in [0.15, 0.2) is 5.65 Å². The number of rotatable bonds is 6. The number of pyridine rings is 1. The minimum atomic E-state index is -2.86. The normalized spacial score (nSPS) is 21.6. The largest absolute Gasteiger partial charge is 0.471 e. The average Bonchev–Trinajstić information content (AvgIpc) is 3.61. The molecule has 0 aromatic carbocycles. The molecule has 0 spiro atoms. The Morgan fingerprint density at radius 3 is 2.59 bits per heavy atom. The zero-order chi connectivity index (χ0) is 27.5. The first-order valence-corrected chi connectivity index (χ1v) is 13.0. The number of hydrogen-bond acceptors (Lipinski definition) is 6. The number of nitrogens with two attached hydrogens (primary N) is 1. The first kappa shape index (κ1) is 25.2. The molecule has 3 N–H and O–H groups in total. The van der Waals surface area contributed by atoms with Gasteiger partial charge in [-0.1, -0.05) is 19.8 Å². The van der Waals surface area contributed by atoms with Gasteiger partial charge in [-0.25, -0.2) is 18.7 Å². The van der Waals surface area contributed by atoms with Gasteiger partial charge in [0.2, 0.25) is 0 Å². The van der Waals surface area contributed by atoms with Gasteiger partial charge in [0.1, 0.15) is 24.0 Å². The summed E-state index contributed by atoms with van der Waals surface area (Å²) < 4.78 is 33.4. The highest BCUT2D eigenvalue weighted by Gasteiger charge is 2.47. The molecule has 0 bridgehead atoms. The summed E-state index contributed by atoms with van der Waals surface area (Å²) in [5.74, 6) is -2.64. The van der Waals surface area contributed by atoms with Gasteiger partial charge < -0.3 is 20.0 Å². The van der Waals surface area contributed by atoms with Crippen molar-refractivity contribution in [2.75, 3.05) is 13.1 Å². The lowest BCUT2D eigenvalue weighted by Gasteiger charge is -2.38. The Balaban J connectivity index is 1.37. The maximum atomic E-state index is 13.3. The van der Waals surface area contributed by atoms with E-state index in [1.807, 2.05) is 6.07 Å². The molecule has 6 rings (SSSR count). The second-order valence-corrected chi connectivity index (χ2v) is 10.8. The van der Waals surface area contributed by atoms with Crippen molar-refractivity contribution >= 4 is 23.0 Å². The Bertz CT molecular complexity index is 1560. The van der Waals surface area contributed by atoms with Gasteiger partial charge in [-0.2, -0.15) is 5.10 Å². The van der Waals surface area contributed by atoms with Crippen LogP contribution in [-0.2, 0) is 7.05 Å². The summed E-state index contributed by atoms with van der Waals surface area (Å²) in [6, 6.07) is 3.54. The molecule has 1 saturated heterocycles. The van der Waals surface area contributed by atoms with Gasteiger partial charge in [-0.3, -0.25) is 14.3 Å². The number of carbonyl (C=O) groups is 2. The molecule has 10 nitrogen and oxygen atoms in total. The van der Waals surface area contributed by atoms with Crippen molar-refractivity contribution in [2.45, 2.75) is 44.4 Å². The molecular weight excluding hydrogens is 508 g/mol. The van der Waals surface area contributed by atoms with Crippen molar-refractivity contribution in [3.63, 3.8) is 0 Å². The maximum absolute atomic E-state index is 13.3. The van der Waals surface area contributed by atoms with Crippen molar-refractivity contribution in [2.24, 2.45) is 24.6 Å². The fourth-order valence-electron chi connectivity index (χ4n) is 5.92. The van der Waals surface area contributed by atoms with Gasteiger partial charge in [-0.15, -0.1) is 0 Å². The van der Waals surface area contributed by atoms with Crippen LogP contribution >= 0.6 is 0 Å². The molecule has 39 heavy (non-hydrogen) atoms. The highest BCUT2D eigenvalue weighted by atomic mass is 19.3. The van der Waals surface area contributed by atoms with E-state index in [1.54, 1.807) is 19.3 Å². The number of likely N-dealkylation sites (tertiary alicyclic amines) is 1. The molecule has 1 atom stereocenters. The Hall–Kier alpha value is -4.09. The number of nitrogens with zero attached hydrogens (tertiary/aromatic N) is 5. The highest BCUT2D eigenvalue weighted by molar-refractivity contribution is 6.01. The number of primary amides is 1. The second-order valence-electron chi connectivity index (χ2n) is 10.8. The monoisotopic (exact) mass is 537 g/mol. The predicted octanol–water partition coefficient (Wildman–Crippen LogP) is 4.10. The number of hydrogen-bond donors (Lipinski definition) is 2. The van der Waals surface area contributed by atoms with E-state index in [9.17, 15) is 18.4 Å². The van der Waals surface area contributed by atoms with Crippen molar-refractivity contribution in [3.05, 3.63) is 53.5 Å². The van der Waals surface area contributed by atoms with E-state index in [0.29, 0.717) is 39.9 Å². The van der Waals surface area contributed by atoms with Crippen molar-refractivity contribution in [1.29, 1.82) is 0 Å². The topological polar surface area (TPSA) is 136 Å². The molecule has 1 saturated carbocycles. The van der Waals surface area contributed by atoms with Crippen LogP contribution < -0.4 is 5.73 Å². The van der Waals surface area contributed by atoms with E-state index in [4.69, 9.17) is 15.1 Å². The van der Waals surface area contributed by atoms with Crippen LogP contribution in [-0.4, -0.2) is 60.5 Å². The number of alkyl halides is 2. The summed E-state index contributed by atoms with van der Waals surface area (Å²) >= 11 is 0. The van der Waals surface area contributed by atoms with E-state index in [2.05, 4.69) is 22.0 Å². The third-order valence-electron chi connectivity index (χ3n) is 8.03. The first-order chi connectivity index (χ1) is 18.6. The number of amides is 2. The van der Waals surface area contributed by atoms with Crippen LogP contribution in [0.3, 0.4) is 0 Å². The molecule has 1 aliphatic carbocycles. The van der Waals surface area contributed by atoms with E-state index in [1.165, 1.54) is 17.2 Å².